The first-order valence-corrected chi connectivity index (χ1v) is 8.17. The number of hydrogen-bond donors (Lipinski definition) is 1. The standard InChI is InChI=1S/C17H20N4O3/c1-20-11-19-13-8-12(2-3-14(13)20)16(23)21-6-4-17(5-7-21)10-18-15(22)9-24-17/h2-3,8,11H,4-7,9-10H2,1H3,(H,18,22). The minimum atomic E-state index is -0.310. The third-order valence-corrected chi connectivity index (χ3v) is 5.05. The van der Waals surface area contributed by atoms with Crippen LogP contribution >= 0.6 is 0 Å². The number of likely N-dealkylation sites (tertiary alicyclic amines) is 1. The maximum Gasteiger partial charge on any atom is 0.253 e. The van der Waals surface area contributed by atoms with E-state index < -0.39 is 0 Å². The summed E-state index contributed by atoms with van der Waals surface area (Å²) in [6.07, 6.45) is 3.23. The maximum absolute atomic E-state index is 12.8. The number of ether oxygens (including phenoxy) is 1. The first kappa shape index (κ1) is 15.1. The summed E-state index contributed by atoms with van der Waals surface area (Å²) in [6.45, 7) is 1.92. The average molecular weight is 328 g/mol. The lowest BCUT2D eigenvalue weighted by atomic mass is 9.89. The lowest BCUT2D eigenvalue weighted by Crippen LogP contribution is -2.58. The molecule has 2 aromatic rings. The molecule has 1 aromatic carbocycles. The highest BCUT2D eigenvalue weighted by atomic mass is 16.5. The van der Waals surface area contributed by atoms with E-state index in [0.717, 1.165) is 23.9 Å². The molecule has 7 heteroatoms. The molecule has 0 bridgehead atoms. The van der Waals surface area contributed by atoms with Gasteiger partial charge in [0, 0.05) is 32.2 Å². The summed E-state index contributed by atoms with van der Waals surface area (Å²) in [6, 6.07) is 5.63. The van der Waals surface area contributed by atoms with Crippen molar-refractivity contribution < 1.29 is 14.3 Å². The predicted octanol–water partition coefficient (Wildman–Crippen LogP) is 0.695. The predicted molar refractivity (Wildman–Crippen MR) is 87.5 cm³/mol. The van der Waals surface area contributed by atoms with Crippen molar-refractivity contribution in [1.29, 1.82) is 0 Å². The Hall–Kier alpha value is -2.41. The Morgan fingerprint density at radius 1 is 1.33 bits per heavy atom. The Kier molecular flexibility index (Phi) is 3.53. The van der Waals surface area contributed by atoms with Crippen LogP contribution in [0.2, 0.25) is 0 Å². The van der Waals surface area contributed by atoms with Crippen LogP contribution in [0.15, 0.2) is 24.5 Å². The number of hydrogen-bond acceptors (Lipinski definition) is 4. The monoisotopic (exact) mass is 328 g/mol. The smallest absolute Gasteiger partial charge is 0.253 e. The summed E-state index contributed by atoms with van der Waals surface area (Å²) >= 11 is 0. The normalized spacial score (nSPS) is 20.4. The fourth-order valence-electron chi connectivity index (χ4n) is 3.47. The second kappa shape index (κ2) is 5.59. The SMILES string of the molecule is Cn1cnc2cc(C(=O)N3CCC4(CC3)CNC(=O)CO4)ccc21. The Balaban J connectivity index is 1.46. The number of carbonyl (C=O) groups is 2. The van der Waals surface area contributed by atoms with Gasteiger partial charge in [0.1, 0.15) is 6.61 Å². The molecule has 0 atom stereocenters. The summed E-state index contributed by atoms with van der Waals surface area (Å²) < 4.78 is 7.68. The van der Waals surface area contributed by atoms with Gasteiger partial charge in [-0.15, -0.1) is 0 Å². The van der Waals surface area contributed by atoms with Gasteiger partial charge in [-0.1, -0.05) is 0 Å². The Bertz CT molecular complexity index is 793. The zero-order valence-electron chi connectivity index (χ0n) is 13.6. The molecule has 4 rings (SSSR count). The number of benzene rings is 1. The summed E-state index contributed by atoms with van der Waals surface area (Å²) in [5.74, 6) is -0.0416. The quantitative estimate of drug-likeness (QED) is 0.836. The van der Waals surface area contributed by atoms with Crippen molar-refractivity contribution in [3.63, 3.8) is 0 Å². The lowest BCUT2D eigenvalue weighted by molar-refractivity contribution is -0.149. The maximum atomic E-state index is 12.8. The van der Waals surface area contributed by atoms with Crippen LogP contribution in [0, 0.1) is 0 Å². The number of fused-ring (bicyclic) bond motifs is 1. The molecular formula is C17H20N4O3. The van der Waals surface area contributed by atoms with Crippen molar-refractivity contribution in [3.05, 3.63) is 30.1 Å². The van der Waals surface area contributed by atoms with Crippen LogP contribution < -0.4 is 5.32 Å². The van der Waals surface area contributed by atoms with Crippen molar-refractivity contribution >= 4 is 22.8 Å². The van der Waals surface area contributed by atoms with Crippen LogP contribution in [0.3, 0.4) is 0 Å². The number of aryl methyl sites for hydroxylation is 1. The van der Waals surface area contributed by atoms with Gasteiger partial charge in [-0.05, 0) is 31.0 Å². The van der Waals surface area contributed by atoms with Gasteiger partial charge in [-0.3, -0.25) is 9.59 Å². The van der Waals surface area contributed by atoms with Crippen molar-refractivity contribution in [1.82, 2.24) is 19.8 Å². The van der Waals surface area contributed by atoms with Gasteiger partial charge in [-0.2, -0.15) is 0 Å². The van der Waals surface area contributed by atoms with Gasteiger partial charge in [0.2, 0.25) is 5.91 Å². The lowest BCUT2D eigenvalue weighted by Gasteiger charge is -2.43. The van der Waals surface area contributed by atoms with Crippen molar-refractivity contribution in [2.24, 2.45) is 7.05 Å². The Labute approximate surface area is 139 Å². The van der Waals surface area contributed by atoms with Crippen LogP contribution in [-0.2, 0) is 16.6 Å². The molecular weight excluding hydrogens is 308 g/mol. The highest BCUT2D eigenvalue weighted by Crippen LogP contribution is 2.28. The fraction of sp³-hybridized carbons (Fsp3) is 0.471. The average Bonchev–Trinajstić information content (AvgIpc) is 2.98. The molecule has 3 heterocycles. The number of imidazole rings is 1. The van der Waals surface area contributed by atoms with E-state index in [1.807, 2.05) is 34.7 Å². The number of amides is 2. The number of morpholine rings is 1. The number of nitrogens with one attached hydrogen (secondary N) is 1. The zero-order chi connectivity index (χ0) is 16.7. The van der Waals surface area contributed by atoms with Crippen LogP contribution in [0.4, 0.5) is 0 Å². The summed E-state index contributed by atoms with van der Waals surface area (Å²) in [7, 11) is 1.93. The van der Waals surface area contributed by atoms with Gasteiger partial charge >= 0.3 is 0 Å². The largest absolute Gasteiger partial charge is 0.363 e. The molecule has 1 spiro atoms. The second-order valence-corrected chi connectivity index (χ2v) is 6.60. The van der Waals surface area contributed by atoms with E-state index in [9.17, 15) is 9.59 Å². The van der Waals surface area contributed by atoms with E-state index in [2.05, 4.69) is 10.3 Å². The molecule has 2 saturated heterocycles. The van der Waals surface area contributed by atoms with E-state index in [4.69, 9.17) is 4.74 Å². The Morgan fingerprint density at radius 2 is 2.12 bits per heavy atom. The van der Waals surface area contributed by atoms with Crippen molar-refractivity contribution in [2.75, 3.05) is 26.2 Å². The van der Waals surface area contributed by atoms with Crippen molar-refractivity contribution in [2.45, 2.75) is 18.4 Å². The van der Waals surface area contributed by atoms with Gasteiger partial charge in [0.25, 0.3) is 5.91 Å². The molecule has 2 aliphatic rings. The van der Waals surface area contributed by atoms with E-state index in [0.29, 0.717) is 25.2 Å². The molecule has 2 aliphatic heterocycles. The topological polar surface area (TPSA) is 76.5 Å². The van der Waals surface area contributed by atoms with E-state index in [1.165, 1.54) is 0 Å². The Morgan fingerprint density at radius 3 is 2.83 bits per heavy atom. The van der Waals surface area contributed by atoms with Gasteiger partial charge in [-0.25, -0.2) is 4.98 Å². The molecule has 0 saturated carbocycles. The van der Waals surface area contributed by atoms with Crippen LogP contribution in [0.5, 0.6) is 0 Å². The number of carbonyl (C=O) groups excluding carboxylic acids is 2. The van der Waals surface area contributed by atoms with Crippen LogP contribution in [-0.4, -0.2) is 58.1 Å². The minimum absolute atomic E-state index is 0.0252. The van der Waals surface area contributed by atoms with E-state index in [1.54, 1.807) is 6.33 Å². The number of piperidine rings is 1. The van der Waals surface area contributed by atoms with Gasteiger partial charge in [0.15, 0.2) is 0 Å². The summed E-state index contributed by atoms with van der Waals surface area (Å²) in [5.41, 5.74) is 2.19. The highest BCUT2D eigenvalue weighted by Gasteiger charge is 2.40. The fourth-order valence-corrected chi connectivity index (χ4v) is 3.47. The first-order chi connectivity index (χ1) is 11.6. The first-order valence-electron chi connectivity index (χ1n) is 8.17. The molecule has 0 unspecified atom stereocenters. The number of rotatable bonds is 1. The third kappa shape index (κ3) is 2.54. The van der Waals surface area contributed by atoms with E-state index in [-0.39, 0.29) is 24.0 Å². The molecule has 1 aromatic heterocycles. The van der Waals surface area contributed by atoms with Gasteiger partial charge < -0.3 is 19.5 Å². The van der Waals surface area contributed by atoms with Crippen LogP contribution in [0.1, 0.15) is 23.2 Å². The molecule has 126 valence electrons. The number of nitrogens with zero attached hydrogens (tertiary/aromatic N) is 3. The summed E-state index contributed by atoms with van der Waals surface area (Å²) in [5, 5.41) is 2.86. The highest BCUT2D eigenvalue weighted by molar-refractivity contribution is 5.97. The minimum Gasteiger partial charge on any atom is -0.363 e. The van der Waals surface area contributed by atoms with Crippen molar-refractivity contribution in [3.8, 4) is 0 Å². The molecule has 2 fully saturated rings. The third-order valence-electron chi connectivity index (χ3n) is 5.05. The van der Waals surface area contributed by atoms with E-state index >= 15 is 0 Å². The molecule has 7 nitrogen and oxygen atoms in total. The molecule has 1 N–H and O–H groups in total. The molecule has 2 amide bonds. The molecule has 24 heavy (non-hydrogen) atoms. The summed E-state index contributed by atoms with van der Waals surface area (Å²) in [4.78, 5) is 30.2. The second-order valence-electron chi connectivity index (χ2n) is 6.60. The zero-order valence-corrected chi connectivity index (χ0v) is 13.6. The molecule has 0 radical (unpaired) electrons. The number of aromatic nitrogens is 2. The van der Waals surface area contributed by atoms with Gasteiger partial charge in [0.05, 0.1) is 23.0 Å². The molecule has 0 aliphatic carbocycles. The van der Waals surface area contributed by atoms with Crippen LogP contribution in [0.25, 0.3) is 11.0 Å².